The average Bonchev–Trinajstić information content (AvgIpc) is 2.47. The first-order valence-corrected chi connectivity index (χ1v) is 6.55. The minimum Gasteiger partial charge on any atom is -0.434 e. The zero-order chi connectivity index (χ0) is 15.2. The minimum atomic E-state index is -2.87. The molecular weight excluding hydrogens is 279 g/mol. The van der Waals surface area contributed by atoms with Gasteiger partial charge in [0.1, 0.15) is 11.6 Å². The molecule has 0 aliphatic heterocycles. The van der Waals surface area contributed by atoms with Crippen LogP contribution in [-0.4, -0.2) is 13.7 Å². The fourth-order valence-corrected chi connectivity index (χ4v) is 2.20. The SMILES string of the molecule is CNC(Cc1ccc(F)cc1)c1ccccc1OC(F)F. The Morgan fingerprint density at radius 3 is 2.33 bits per heavy atom. The molecule has 0 radical (unpaired) electrons. The lowest BCUT2D eigenvalue weighted by atomic mass is 9.98. The number of likely N-dealkylation sites (N-methyl/N-ethyl adjacent to an activating group) is 1. The van der Waals surface area contributed by atoms with Crippen LogP contribution in [0.5, 0.6) is 5.75 Å². The van der Waals surface area contributed by atoms with Crippen molar-refractivity contribution >= 4 is 0 Å². The van der Waals surface area contributed by atoms with Gasteiger partial charge in [-0.3, -0.25) is 0 Å². The van der Waals surface area contributed by atoms with E-state index in [1.165, 1.54) is 18.2 Å². The van der Waals surface area contributed by atoms with Crippen LogP contribution in [0.15, 0.2) is 48.5 Å². The van der Waals surface area contributed by atoms with Crippen LogP contribution in [0.25, 0.3) is 0 Å². The molecule has 0 bridgehead atoms. The van der Waals surface area contributed by atoms with Gasteiger partial charge in [-0.05, 0) is 37.2 Å². The van der Waals surface area contributed by atoms with Crippen molar-refractivity contribution in [1.29, 1.82) is 0 Å². The highest BCUT2D eigenvalue weighted by molar-refractivity contribution is 5.37. The van der Waals surface area contributed by atoms with E-state index in [4.69, 9.17) is 0 Å². The quantitative estimate of drug-likeness (QED) is 0.872. The summed E-state index contributed by atoms with van der Waals surface area (Å²) in [6.07, 6.45) is 0.542. The van der Waals surface area contributed by atoms with Crippen molar-refractivity contribution in [2.45, 2.75) is 19.1 Å². The van der Waals surface area contributed by atoms with Crippen LogP contribution in [0.4, 0.5) is 13.2 Å². The number of alkyl halides is 2. The normalized spacial score (nSPS) is 12.4. The summed E-state index contributed by atoms with van der Waals surface area (Å²) in [5, 5.41) is 3.08. The first-order valence-electron chi connectivity index (χ1n) is 6.55. The standard InChI is InChI=1S/C16H16F3NO/c1-20-14(10-11-6-8-12(17)9-7-11)13-4-2-3-5-15(13)21-16(18)19/h2-9,14,16,20H,10H2,1H3. The number of hydrogen-bond acceptors (Lipinski definition) is 2. The molecule has 0 heterocycles. The minimum absolute atomic E-state index is 0.147. The maximum atomic E-state index is 12.9. The van der Waals surface area contributed by atoms with E-state index < -0.39 is 6.61 Å². The number of rotatable bonds is 6. The van der Waals surface area contributed by atoms with Gasteiger partial charge in [0.25, 0.3) is 0 Å². The van der Waals surface area contributed by atoms with Crippen LogP contribution in [0, 0.1) is 5.82 Å². The summed E-state index contributed by atoms with van der Waals surface area (Å²) in [7, 11) is 1.74. The maximum Gasteiger partial charge on any atom is 0.387 e. The fraction of sp³-hybridized carbons (Fsp3) is 0.250. The summed E-state index contributed by atoms with van der Waals surface area (Å²) in [6.45, 7) is -2.87. The molecule has 2 nitrogen and oxygen atoms in total. The number of hydrogen-bond donors (Lipinski definition) is 1. The van der Waals surface area contributed by atoms with Crippen LogP contribution in [0.2, 0.25) is 0 Å². The second-order valence-corrected chi connectivity index (χ2v) is 4.59. The molecule has 0 aliphatic rings. The van der Waals surface area contributed by atoms with E-state index in [0.717, 1.165) is 5.56 Å². The summed E-state index contributed by atoms with van der Waals surface area (Å²) in [5.41, 5.74) is 1.55. The molecule has 0 saturated heterocycles. The van der Waals surface area contributed by atoms with Crippen LogP contribution in [0.1, 0.15) is 17.2 Å². The van der Waals surface area contributed by atoms with Crippen LogP contribution in [0.3, 0.4) is 0 Å². The Labute approximate surface area is 121 Å². The van der Waals surface area contributed by atoms with E-state index in [1.807, 2.05) is 0 Å². The molecule has 21 heavy (non-hydrogen) atoms. The molecule has 1 N–H and O–H groups in total. The Bertz CT molecular complexity index is 572. The number of nitrogens with one attached hydrogen (secondary N) is 1. The highest BCUT2D eigenvalue weighted by Gasteiger charge is 2.17. The molecule has 1 atom stereocenters. The van der Waals surface area contributed by atoms with Gasteiger partial charge in [-0.15, -0.1) is 0 Å². The first kappa shape index (κ1) is 15.4. The molecule has 0 aromatic heterocycles. The van der Waals surface area contributed by atoms with Crippen molar-refractivity contribution in [2.75, 3.05) is 7.05 Å². The van der Waals surface area contributed by atoms with Gasteiger partial charge in [-0.2, -0.15) is 8.78 Å². The lowest BCUT2D eigenvalue weighted by molar-refractivity contribution is -0.0507. The first-order chi connectivity index (χ1) is 10.1. The smallest absolute Gasteiger partial charge is 0.387 e. The van der Waals surface area contributed by atoms with Crippen molar-refractivity contribution in [3.05, 3.63) is 65.5 Å². The third-order valence-corrected chi connectivity index (χ3v) is 3.21. The Hall–Kier alpha value is -2.01. The molecule has 2 aromatic rings. The monoisotopic (exact) mass is 295 g/mol. The van der Waals surface area contributed by atoms with Gasteiger partial charge < -0.3 is 10.1 Å². The van der Waals surface area contributed by atoms with Gasteiger partial charge in [-0.25, -0.2) is 4.39 Å². The van der Waals surface area contributed by atoms with Crippen molar-refractivity contribution < 1.29 is 17.9 Å². The maximum absolute atomic E-state index is 12.9. The van der Waals surface area contributed by atoms with E-state index in [1.54, 1.807) is 37.4 Å². The second kappa shape index (κ2) is 7.13. The number of ether oxygens (including phenoxy) is 1. The molecule has 2 aromatic carbocycles. The zero-order valence-corrected chi connectivity index (χ0v) is 11.5. The van der Waals surface area contributed by atoms with Crippen LogP contribution >= 0.6 is 0 Å². The van der Waals surface area contributed by atoms with E-state index in [0.29, 0.717) is 12.0 Å². The topological polar surface area (TPSA) is 21.3 Å². The molecule has 112 valence electrons. The van der Waals surface area contributed by atoms with Crippen molar-refractivity contribution in [3.63, 3.8) is 0 Å². The average molecular weight is 295 g/mol. The predicted molar refractivity (Wildman–Crippen MR) is 75.0 cm³/mol. The van der Waals surface area contributed by atoms with E-state index in [2.05, 4.69) is 10.1 Å². The summed E-state index contributed by atoms with van der Waals surface area (Å²) in [6, 6.07) is 12.6. The lowest BCUT2D eigenvalue weighted by Gasteiger charge is -2.20. The predicted octanol–water partition coefficient (Wildman–Crippen LogP) is 3.93. The Balaban J connectivity index is 2.22. The van der Waals surface area contributed by atoms with Crippen molar-refractivity contribution in [1.82, 2.24) is 5.32 Å². The van der Waals surface area contributed by atoms with Gasteiger partial charge in [0, 0.05) is 11.6 Å². The molecular formula is C16H16F3NO. The third-order valence-electron chi connectivity index (χ3n) is 3.21. The molecule has 1 unspecified atom stereocenters. The largest absolute Gasteiger partial charge is 0.434 e. The lowest BCUT2D eigenvalue weighted by Crippen LogP contribution is -2.20. The molecule has 2 rings (SSSR count). The summed E-state index contributed by atoms with van der Waals surface area (Å²) < 4.78 is 42.4. The number of benzene rings is 2. The van der Waals surface area contributed by atoms with E-state index in [-0.39, 0.29) is 17.6 Å². The van der Waals surface area contributed by atoms with Crippen molar-refractivity contribution in [3.8, 4) is 5.75 Å². The molecule has 0 spiro atoms. The summed E-state index contributed by atoms with van der Waals surface area (Å²) in [4.78, 5) is 0. The molecule has 0 fully saturated rings. The zero-order valence-electron chi connectivity index (χ0n) is 11.5. The summed E-state index contributed by atoms with van der Waals surface area (Å²) >= 11 is 0. The highest BCUT2D eigenvalue weighted by atomic mass is 19.3. The van der Waals surface area contributed by atoms with Crippen LogP contribution < -0.4 is 10.1 Å². The van der Waals surface area contributed by atoms with Gasteiger partial charge >= 0.3 is 6.61 Å². The number of halogens is 3. The second-order valence-electron chi connectivity index (χ2n) is 4.59. The molecule has 5 heteroatoms. The molecule has 0 amide bonds. The Morgan fingerprint density at radius 1 is 1.05 bits per heavy atom. The highest BCUT2D eigenvalue weighted by Crippen LogP contribution is 2.28. The van der Waals surface area contributed by atoms with Gasteiger partial charge in [-0.1, -0.05) is 30.3 Å². The van der Waals surface area contributed by atoms with Gasteiger partial charge in [0.05, 0.1) is 0 Å². The summed E-state index contributed by atoms with van der Waals surface area (Å²) in [5.74, 6) is -0.157. The fourth-order valence-electron chi connectivity index (χ4n) is 2.20. The third kappa shape index (κ3) is 4.23. The van der Waals surface area contributed by atoms with Gasteiger partial charge in [0.2, 0.25) is 0 Å². The Morgan fingerprint density at radius 2 is 1.71 bits per heavy atom. The Kier molecular flexibility index (Phi) is 5.22. The van der Waals surface area contributed by atoms with Gasteiger partial charge in [0.15, 0.2) is 0 Å². The molecule has 0 saturated carbocycles. The van der Waals surface area contributed by atoms with Crippen molar-refractivity contribution in [2.24, 2.45) is 0 Å². The van der Waals surface area contributed by atoms with Crippen LogP contribution in [-0.2, 0) is 6.42 Å². The van der Waals surface area contributed by atoms with E-state index in [9.17, 15) is 13.2 Å². The van der Waals surface area contributed by atoms with E-state index >= 15 is 0 Å². The molecule has 0 aliphatic carbocycles. The number of para-hydroxylation sites is 1.